The highest BCUT2D eigenvalue weighted by molar-refractivity contribution is 6.29. The number of nitrogens with one attached hydrogen (secondary N) is 1. The highest BCUT2D eigenvalue weighted by atomic mass is 35.5. The Kier molecular flexibility index (Phi) is 4.38. The van der Waals surface area contributed by atoms with E-state index in [-0.39, 0.29) is 11.0 Å². The minimum atomic E-state index is -3.14. The van der Waals surface area contributed by atoms with Crippen molar-refractivity contribution in [3.8, 4) is 11.3 Å². The molecule has 0 atom stereocenters. The van der Waals surface area contributed by atoms with Crippen molar-refractivity contribution >= 4 is 23.1 Å². The van der Waals surface area contributed by atoms with Crippen LogP contribution in [0.2, 0.25) is 5.15 Å². The Labute approximate surface area is 147 Å². The van der Waals surface area contributed by atoms with Crippen molar-refractivity contribution < 1.29 is 8.78 Å². The van der Waals surface area contributed by atoms with E-state index >= 15 is 0 Å². The number of nitrogens with zero attached hydrogens (tertiary/aromatic N) is 5. The van der Waals surface area contributed by atoms with Crippen LogP contribution in [0.5, 0.6) is 0 Å². The second-order valence-electron chi connectivity index (χ2n) is 5.66. The van der Waals surface area contributed by atoms with E-state index < -0.39 is 11.7 Å². The van der Waals surface area contributed by atoms with Gasteiger partial charge < -0.3 is 5.32 Å². The van der Waals surface area contributed by atoms with Gasteiger partial charge in [0, 0.05) is 43.7 Å². The van der Waals surface area contributed by atoms with Crippen LogP contribution in [0.15, 0.2) is 30.6 Å². The molecule has 0 bridgehead atoms. The number of halogens is 3. The first-order valence-electron chi connectivity index (χ1n) is 7.39. The Bertz CT molecular complexity index is 919. The van der Waals surface area contributed by atoms with Crippen molar-refractivity contribution in [2.75, 3.05) is 5.32 Å². The summed E-state index contributed by atoms with van der Waals surface area (Å²) in [5.41, 5.74) is 2.32. The minimum Gasteiger partial charge on any atom is -0.339 e. The van der Waals surface area contributed by atoms with Gasteiger partial charge >= 0.3 is 5.92 Å². The number of aryl methyl sites for hydroxylation is 2. The summed E-state index contributed by atoms with van der Waals surface area (Å²) in [7, 11) is 1.79. The molecule has 0 aliphatic carbocycles. The SMILES string of the molecule is Cc1cc(Nc2cc(Cl)ncc2-c2ccn(C)n2)nc(C(C)(F)F)n1. The quantitative estimate of drug-likeness (QED) is 0.706. The lowest BCUT2D eigenvalue weighted by Crippen LogP contribution is -2.14. The predicted octanol–water partition coefficient (Wildman–Crippen LogP) is 4.09. The first kappa shape index (κ1) is 17.2. The average Bonchev–Trinajstić information content (AvgIpc) is 2.92. The van der Waals surface area contributed by atoms with Gasteiger partial charge in [-0.05, 0) is 19.1 Å². The van der Waals surface area contributed by atoms with Gasteiger partial charge in [-0.15, -0.1) is 0 Å². The molecular formula is C16H15ClF2N6. The molecule has 0 saturated heterocycles. The van der Waals surface area contributed by atoms with Gasteiger partial charge in [-0.25, -0.2) is 15.0 Å². The lowest BCUT2D eigenvalue weighted by Gasteiger charge is -2.14. The monoisotopic (exact) mass is 364 g/mol. The van der Waals surface area contributed by atoms with Gasteiger partial charge in [-0.1, -0.05) is 11.6 Å². The van der Waals surface area contributed by atoms with E-state index in [1.807, 2.05) is 6.07 Å². The van der Waals surface area contributed by atoms with Crippen LogP contribution in [0, 0.1) is 6.92 Å². The van der Waals surface area contributed by atoms with E-state index in [4.69, 9.17) is 11.6 Å². The molecule has 9 heteroatoms. The summed E-state index contributed by atoms with van der Waals surface area (Å²) in [5, 5.41) is 7.60. The summed E-state index contributed by atoms with van der Waals surface area (Å²) in [5.74, 6) is -3.44. The van der Waals surface area contributed by atoms with E-state index in [0.29, 0.717) is 22.6 Å². The summed E-state index contributed by atoms with van der Waals surface area (Å²) in [4.78, 5) is 11.8. The zero-order valence-corrected chi connectivity index (χ0v) is 14.5. The molecule has 0 amide bonds. The Morgan fingerprint density at radius 1 is 1.24 bits per heavy atom. The Hall–Kier alpha value is -2.61. The summed E-state index contributed by atoms with van der Waals surface area (Å²) < 4.78 is 28.8. The largest absolute Gasteiger partial charge is 0.339 e. The highest BCUT2D eigenvalue weighted by Crippen LogP contribution is 2.31. The van der Waals surface area contributed by atoms with Crippen LogP contribution < -0.4 is 5.32 Å². The number of aromatic nitrogens is 5. The van der Waals surface area contributed by atoms with Crippen LogP contribution in [-0.4, -0.2) is 24.7 Å². The molecule has 3 aromatic heterocycles. The molecule has 3 heterocycles. The zero-order valence-electron chi connectivity index (χ0n) is 13.8. The maximum atomic E-state index is 13.6. The lowest BCUT2D eigenvalue weighted by molar-refractivity contribution is 0.00766. The molecule has 3 aromatic rings. The first-order chi connectivity index (χ1) is 11.7. The lowest BCUT2D eigenvalue weighted by atomic mass is 10.1. The van der Waals surface area contributed by atoms with Crippen molar-refractivity contribution in [1.29, 1.82) is 0 Å². The first-order valence-corrected chi connectivity index (χ1v) is 7.77. The summed E-state index contributed by atoms with van der Waals surface area (Å²) in [6.45, 7) is 2.38. The van der Waals surface area contributed by atoms with E-state index in [9.17, 15) is 8.78 Å². The third-order valence-electron chi connectivity index (χ3n) is 3.37. The van der Waals surface area contributed by atoms with E-state index in [1.165, 1.54) is 0 Å². The smallest absolute Gasteiger partial charge is 0.303 e. The van der Waals surface area contributed by atoms with Gasteiger partial charge in [0.15, 0.2) is 0 Å². The van der Waals surface area contributed by atoms with Crippen molar-refractivity contribution in [2.45, 2.75) is 19.8 Å². The normalized spacial score (nSPS) is 11.6. The Morgan fingerprint density at radius 2 is 2.00 bits per heavy atom. The van der Waals surface area contributed by atoms with Crippen LogP contribution in [0.3, 0.4) is 0 Å². The van der Waals surface area contributed by atoms with Crippen molar-refractivity contribution in [3.63, 3.8) is 0 Å². The van der Waals surface area contributed by atoms with Crippen LogP contribution in [0.25, 0.3) is 11.3 Å². The van der Waals surface area contributed by atoms with Crippen molar-refractivity contribution in [1.82, 2.24) is 24.7 Å². The zero-order chi connectivity index (χ0) is 18.2. The van der Waals surface area contributed by atoms with Gasteiger partial charge in [-0.3, -0.25) is 4.68 Å². The number of hydrogen-bond donors (Lipinski definition) is 1. The number of hydrogen-bond acceptors (Lipinski definition) is 5. The highest BCUT2D eigenvalue weighted by Gasteiger charge is 2.29. The molecule has 0 fully saturated rings. The molecule has 130 valence electrons. The number of alkyl halides is 2. The van der Waals surface area contributed by atoms with Gasteiger partial charge in [0.25, 0.3) is 0 Å². The fraction of sp³-hybridized carbons (Fsp3) is 0.250. The summed E-state index contributed by atoms with van der Waals surface area (Å²) >= 11 is 5.98. The third-order valence-corrected chi connectivity index (χ3v) is 3.58. The van der Waals surface area contributed by atoms with Gasteiger partial charge in [0.2, 0.25) is 5.82 Å². The molecule has 3 rings (SSSR count). The number of pyridine rings is 1. The molecule has 0 spiro atoms. The topological polar surface area (TPSA) is 68.5 Å². The summed E-state index contributed by atoms with van der Waals surface area (Å²) in [6, 6.07) is 4.98. The van der Waals surface area contributed by atoms with Crippen LogP contribution in [0.1, 0.15) is 18.4 Å². The third kappa shape index (κ3) is 3.90. The average molecular weight is 365 g/mol. The Morgan fingerprint density at radius 3 is 2.64 bits per heavy atom. The minimum absolute atomic E-state index is 0.239. The van der Waals surface area contributed by atoms with Crippen LogP contribution in [-0.2, 0) is 13.0 Å². The van der Waals surface area contributed by atoms with Crippen LogP contribution in [0.4, 0.5) is 20.3 Å². The van der Waals surface area contributed by atoms with Crippen molar-refractivity contribution in [3.05, 3.63) is 47.3 Å². The maximum absolute atomic E-state index is 13.6. The molecule has 0 unspecified atom stereocenters. The fourth-order valence-electron chi connectivity index (χ4n) is 2.26. The molecular weight excluding hydrogens is 350 g/mol. The fourth-order valence-corrected chi connectivity index (χ4v) is 2.42. The summed E-state index contributed by atoms with van der Waals surface area (Å²) in [6.07, 6.45) is 3.36. The standard InChI is InChI=1S/C16H15ClF2N6/c1-9-6-14(23-15(21-9)16(2,18)19)22-12-7-13(17)20-8-10(12)11-4-5-25(3)24-11/h4-8H,1-3H3,(H,20,21,22,23). The van der Waals surface area contributed by atoms with Crippen LogP contribution >= 0.6 is 11.6 Å². The van der Waals surface area contributed by atoms with E-state index in [0.717, 1.165) is 6.92 Å². The molecule has 0 radical (unpaired) electrons. The Balaban J connectivity index is 2.04. The second kappa shape index (κ2) is 6.36. The molecule has 0 aromatic carbocycles. The number of rotatable bonds is 4. The number of anilines is 2. The van der Waals surface area contributed by atoms with Gasteiger partial charge in [-0.2, -0.15) is 13.9 Å². The van der Waals surface area contributed by atoms with Crippen molar-refractivity contribution in [2.24, 2.45) is 7.05 Å². The molecule has 1 N–H and O–H groups in total. The molecule has 0 aliphatic rings. The van der Waals surface area contributed by atoms with Gasteiger partial charge in [0.1, 0.15) is 11.0 Å². The maximum Gasteiger partial charge on any atom is 0.303 e. The van der Waals surface area contributed by atoms with Gasteiger partial charge in [0.05, 0.1) is 11.4 Å². The second-order valence-corrected chi connectivity index (χ2v) is 6.05. The molecule has 0 aliphatic heterocycles. The van der Waals surface area contributed by atoms with E-state index in [2.05, 4.69) is 25.4 Å². The molecule has 25 heavy (non-hydrogen) atoms. The molecule has 0 saturated carbocycles. The molecule has 6 nitrogen and oxygen atoms in total. The van der Waals surface area contributed by atoms with E-state index in [1.54, 1.807) is 43.2 Å². The predicted molar refractivity (Wildman–Crippen MR) is 91.1 cm³/mol.